The van der Waals surface area contributed by atoms with Gasteiger partial charge in [0.25, 0.3) is 0 Å². The van der Waals surface area contributed by atoms with Gasteiger partial charge in [-0.2, -0.15) is 22.0 Å². The van der Waals surface area contributed by atoms with Gasteiger partial charge in [-0.3, -0.25) is 0 Å². The number of piperidine rings is 1. The average molecular weight is 515 g/mol. The number of amides is 1. The van der Waals surface area contributed by atoms with Crippen LogP contribution in [0.2, 0.25) is 0 Å². The number of hydrogen-bond donors (Lipinski definition) is 1. The number of halogens is 5. The predicted molar refractivity (Wildman–Crippen MR) is 126 cm³/mol. The van der Waals surface area contributed by atoms with Crippen LogP contribution in [0.25, 0.3) is 0 Å². The molecule has 1 atom stereocenters. The highest BCUT2D eigenvalue weighted by Gasteiger charge is 2.58. The van der Waals surface area contributed by atoms with E-state index in [1.807, 2.05) is 32.9 Å². The molecule has 0 bridgehead atoms. The Morgan fingerprint density at radius 2 is 1.78 bits per heavy atom. The standard InChI is InChI=1S/C26H31F5N2O3/c1-24(2,3)36-23(34)33-13-6-5-10-21(33)17-8-7-9-20(15-17)32-16-18-14-19(11-12-22(18)35-4)25(27,28)26(29,30)31/h7-9,11-12,14-15,21,32H,5-6,10,13,16H2,1-4H3/t21-/m0/s1. The molecule has 0 spiro atoms. The summed E-state index contributed by atoms with van der Waals surface area (Å²) in [4.78, 5) is 14.5. The Morgan fingerprint density at radius 3 is 2.42 bits per heavy atom. The van der Waals surface area contributed by atoms with Crippen molar-refractivity contribution in [2.75, 3.05) is 19.0 Å². The van der Waals surface area contributed by atoms with Gasteiger partial charge in [-0.05, 0) is 75.9 Å². The third-order valence-electron chi connectivity index (χ3n) is 5.88. The molecule has 0 unspecified atom stereocenters. The third kappa shape index (κ3) is 6.39. The number of rotatable bonds is 6. The molecule has 10 heteroatoms. The molecule has 0 saturated carbocycles. The van der Waals surface area contributed by atoms with E-state index in [1.165, 1.54) is 7.11 Å². The Hall–Kier alpha value is -3.04. The van der Waals surface area contributed by atoms with Crippen LogP contribution in [0.3, 0.4) is 0 Å². The summed E-state index contributed by atoms with van der Waals surface area (Å²) in [6.45, 7) is 5.94. The smallest absolute Gasteiger partial charge is 0.458 e. The first-order valence-corrected chi connectivity index (χ1v) is 11.7. The Bertz CT molecular complexity index is 1070. The lowest BCUT2D eigenvalue weighted by atomic mass is 9.95. The number of likely N-dealkylation sites (tertiary alicyclic amines) is 1. The lowest BCUT2D eigenvalue weighted by Gasteiger charge is -2.37. The minimum absolute atomic E-state index is 0.0468. The molecule has 1 aliphatic rings. The second kappa shape index (κ2) is 10.5. The van der Waals surface area contributed by atoms with Gasteiger partial charge in [0.15, 0.2) is 0 Å². The van der Waals surface area contributed by atoms with E-state index in [0.717, 1.165) is 37.0 Å². The zero-order valence-electron chi connectivity index (χ0n) is 20.7. The highest BCUT2D eigenvalue weighted by molar-refractivity contribution is 5.69. The van der Waals surface area contributed by atoms with Crippen molar-refractivity contribution in [3.05, 3.63) is 59.2 Å². The first kappa shape index (κ1) is 27.5. The molecule has 1 aliphatic heterocycles. The van der Waals surface area contributed by atoms with Gasteiger partial charge in [0.2, 0.25) is 0 Å². The van der Waals surface area contributed by atoms with E-state index in [4.69, 9.17) is 9.47 Å². The van der Waals surface area contributed by atoms with Gasteiger partial charge in [-0.25, -0.2) is 4.79 Å². The fourth-order valence-corrected chi connectivity index (χ4v) is 4.15. The van der Waals surface area contributed by atoms with Crippen LogP contribution in [-0.4, -0.2) is 36.4 Å². The van der Waals surface area contributed by atoms with Crippen molar-refractivity contribution in [1.82, 2.24) is 4.90 Å². The molecule has 0 aliphatic carbocycles. The van der Waals surface area contributed by atoms with E-state index >= 15 is 0 Å². The van der Waals surface area contributed by atoms with Crippen molar-refractivity contribution in [2.24, 2.45) is 0 Å². The normalized spacial score (nSPS) is 17.0. The summed E-state index contributed by atoms with van der Waals surface area (Å²) < 4.78 is 77.0. The van der Waals surface area contributed by atoms with Crippen molar-refractivity contribution >= 4 is 11.8 Å². The summed E-state index contributed by atoms with van der Waals surface area (Å²) in [6.07, 6.45) is -3.53. The van der Waals surface area contributed by atoms with E-state index in [-0.39, 0.29) is 23.9 Å². The molecular weight excluding hydrogens is 483 g/mol. The van der Waals surface area contributed by atoms with Crippen LogP contribution in [0.15, 0.2) is 42.5 Å². The van der Waals surface area contributed by atoms with Crippen LogP contribution in [0, 0.1) is 0 Å². The van der Waals surface area contributed by atoms with Crippen molar-refractivity contribution in [3.8, 4) is 5.75 Å². The van der Waals surface area contributed by atoms with Crippen LogP contribution in [0.1, 0.15) is 62.8 Å². The Kier molecular flexibility index (Phi) is 8.05. The molecule has 1 fully saturated rings. The van der Waals surface area contributed by atoms with E-state index < -0.39 is 29.4 Å². The van der Waals surface area contributed by atoms with Crippen molar-refractivity contribution in [1.29, 1.82) is 0 Å². The monoisotopic (exact) mass is 514 g/mol. The highest BCUT2D eigenvalue weighted by atomic mass is 19.4. The minimum Gasteiger partial charge on any atom is -0.496 e. The van der Waals surface area contributed by atoms with E-state index in [2.05, 4.69) is 5.32 Å². The number of ether oxygens (including phenoxy) is 2. The summed E-state index contributed by atoms with van der Waals surface area (Å²) in [5, 5.41) is 3.07. The molecule has 2 aromatic rings. The highest BCUT2D eigenvalue weighted by Crippen LogP contribution is 2.44. The van der Waals surface area contributed by atoms with Gasteiger partial charge in [0.1, 0.15) is 11.4 Å². The predicted octanol–water partition coefficient (Wildman–Crippen LogP) is 7.42. The zero-order chi connectivity index (χ0) is 26.7. The van der Waals surface area contributed by atoms with Crippen molar-refractivity contribution in [2.45, 2.75) is 70.3 Å². The van der Waals surface area contributed by atoms with Crippen LogP contribution in [0.5, 0.6) is 5.75 Å². The molecular formula is C26H31F5N2O3. The second-order valence-electron chi connectivity index (χ2n) is 9.76. The SMILES string of the molecule is COc1ccc(C(F)(F)C(F)(F)F)cc1CNc1cccc([C@@H]2CCCCN2C(=O)OC(C)(C)C)c1. The summed E-state index contributed by atoms with van der Waals surface area (Å²) in [5.74, 6) is -4.80. The number of anilines is 1. The summed E-state index contributed by atoms with van der Waals surface area (Å²) in [5.41, 5.74) is -0.139. The number of alkyl halides is 5. The maximum atomic E-state index is 13.9. The molecule has 36 heavy (non-hydrogen) atoms. The zero-order valence-corrected chi connectivity index (χ0v) is 20.7. The summed E-state index contributed by atoms with van der Waals surface area (Å²) in [7, 11) is 1.31. The maximum Gasteiger partial charge on any atom is 0.458 e. The topological polar surface area (TPSA) is 50.8 Å². The van der Waals surface area contributed by atoms with Gasteiger partial charge in [-0.15, -0.1) is 0 Å². The van der Waals surface area contributed by atoms with Crippen LogP contribution in [-0.2, 0) is 17.2 Å². The molecule has 1 N–H and O–H groups in total. The van der Waals surface area contributed by atoms with Gasteiger partial charge >= 0.3 is 18.2 Å². The molecule has 2 aromatic carbocycles. The Labute approximate surface area is 207 Å². The van der Waals surface area contributed by atoms with Crippen molar-refractivity contribution < 1.29 is 36.2 Å². The molecule has 0 aromatic heterocycles. The summed E-state index contributed by atoms with van der Waals surface area (Å²) in [6, 6.07) is 9.70. The average Bonchev–Trinajstić information content (AvgIpc) is 2.81. The van der Waals surface area contributed by atoms with Gasteiger partial charge in [-0.1, -0.05) is 12.1 Å². The number of methoxy groups -OCH3 is 1. The number of carbonyl (C=O) groups is 1. The van der Waals surface area contributed by atoms with Crippen LogP contribution >= 0.6 is 0 Å². The molecule has 1 amide bonds. The molecule has 198 valence electrons. The van der Waals surface area contributed by atoms with E-state index in [1.54, 1.807) is 17.0 Å². The van der Waals surface area contributed by atoms with Crippen LogP contribution < -0.4 is 10.1 Å². The number of nitrogens with one attached hydrogen (secondary N) is 1. The van der Waals surface area contributed by atoms with E-state index in [0.29, 0.717) is 18.3 Å². The summed E-state index contributed by atoms with van der Waals surface area (Å²) >= 11 is 0. The molecule has 5 nitrogen and oxygen atoms in total. The Balaban J connectivity index is 1.81. The third-order valence-corrected chi connectivity index (χ3v) is 5.88. The number of nitrogens with zero attached hydrogens (tertiary/aromatic N) is 1. The largest absolute Gasteiger partial charge is 0.496 e. The first-order chi connectivity index (χ1) is 16.7. The fourth-order valence-electron chi connectivity index (χ4n) is 4.15. The minimum atomic E-state index is -5.71. The number of carbonyl (C=O) groups excluding carboxylic acids is 1. The quantitative estimate of drug-likeness (QED) is 0.408. The lowest BCUT2D eigenvalue weighted by molar-refractivity contribution is -0.289. The van der Waals surface area contributed by atoms with Gasteiger partial charge in [0, 0.05) is 29.9 Å². The maximum absolute atomic E-state index is 13.9. The lowest BCUT2D eigenvalue weighted by Crippen LogP contribution is -2.41. The number of hydrogen-bond acceptors (Lipinski definition) is 4. The van der Waals surface area contributed by atoms with Crippen LogP contribution in [0.4, 0.5) is 32.4 Å². The first-order valence-electron chi connectivity index (χ1n) is 11.7. The van der Waals surface area contributed by atoms with Gasteiger partial charge < -0.3 is 19.7 Å². The van der Waals surface area contributed by atoms with Gasteiger partial charge in [0.05, 0.1) is 13.2 Å². The molecule has 3 rings (SSSR count). The second-order valence-corrected chi connectivity index (χ2v) is 9.76. The van der Waals surface area contributed by atoms with E-state index in [9.17, 15) is 26.7 Å². The molecule has 1 heterocycles. The fraction of sp³-hybridized carbons (Fsp3) is 0.500. The Morgan fingerprint density at radius 1 is 1.06 bits per heavy atom. The molecule has 0 radical (unpaired) electrons. The van der Waals surface area contributed by atoms with Crippen molar-refractivity contribution in [3.63, 3.8) is 0 Å². The molecule has 1 saturated heterocycles. The number of benzene rings is 2.